The molecular weight excluding hydrogens is 405 g/mol. The first-order chi connectivity index (χ1) is 14.0. The van der Waals surface area contributed by atoms with Crippen molar-refractivity contribution in [3.05, 3.63) is 106 Å². The van der Waals surface area contributed by atoms with E-state index in [1.54, 1.807) is 24.3 Å². The lowest BCUT2D eigenvalue weighted by molar-refractivity contribution is -0.00679. The van der Waals surface area contributed by atoms with E-state index < -0.39 is 11.7 Å². The Labute approximate surface area is 181 Å². The van der Waals surface area contributed by atoms with Gasteiger partial charge in [0.2, 0.25) is 0 Å². The third kappa shape index (κ3) is 4.20. The Hall–Kier alpha value is -1.88. The van der Waals surface area contributed by atoms with Gasteiger partial charge in [0, 0.05) is 29.2 Å². The van der Waals surface area contributed by atoms with E-state index in [1.165, 1.54) is 0 Å². The Bertz CT molecular complexity index is 899. The SMILES string of the molecule is O[C@@H]1C[C@H](C(O)(c2ccc(Cl)cc2)c2ccc(Cl)cc2)N(Cc2ccccc2)C1. The summed E-state index contributed by atoms with van der Waals surface area (Å²) >= 11 is 12.2. The topological polar surface area (TPSA) is 43.7 Å². The summed E-state index contributed by atoms with van der Waals surface area (Å²) in [4.78, 5) is 2.16. The summed E-state index contributed by atoms with van der Waals surface area (Å²) in [6.45, 7) is 1.15. The van der Waals surface area contributed by atoms with Gasteiger partial charge in [-0.2, -0.15) is 0 Å². The lowest BCUT2D eigenvalue weighted by Crippen LogP contribution is -2.48. The van der Waals surface area contributed by atoms with Crippen LogP contribution in [-0.2, 0) is 12.1 Å². The standard InChI is InChI=1S/C24H23Cl2NO2/c25-20-10-6-18(7-11-20)24(29,19-8-12-21(26)13-9-19)23-14-22(28)16-27(23)15-17-4-2-1-3-5-17/h1-13,22-23,28-29H,14-16H2/t22-,23-/m1/s1. The van der Waals surface area contributed by atoms with Crippen LogP contribution in [0.1, 0.15) is 23.1 Å². The van der Waals surface area contributed by atoms with Crippen molar-refractivity contribution in [1.82, 2.24) is 4.90 Å². The molecule has 29 heavy (non-hydrogen) atoms. The molecule has 5 heteroatoms. The molecule has 1 saturated heterocycles. The molecule has 1 fully saturated rings. The first kappa shape index (κ1) is 20.4. The van der Waals surface area contributed by atoms with E-state index in [-0.39, 0.29) is 6.04 Å². The fourth-order valence-corrected chi connectivity index (χ4v) is 4.52. The van der Waals surface area contributed by atoms with Crippen molar-refractivity contribution in [2.24, 2.45) is 0 Å². The molecule has 3 aromatic rings. The van der Waals surface area contributed by atoms with Gasteiger partial charge in [-0.25, -0.2) is 0 Å². The predicted molar refractivity (Wildman–Crippen MR) is 117 cm³/mol. The Kier molecular flexibility index (Phi) is 5.95. The Morgan fingerprint density at radius 2 is 1.34 bits per heavy atom. The largest absolute Gasteiger partial charge is 0.392 e. The van der Waals surface area contributed by atoms with Gasteiger partial charge >= 0.3 is 0 Å². The van der Waals surface area contributed by atoms with Crippen LogP contribution in [0.4, 0.5) is 0 Å². The maximum absolute atomic E-state index is 12.2. The van der Waals surface area contributed by atoms with E-state index in [0.717, 1.165) is 16.7 Å². The third-order valence-electron chi connectivity index (χ3n) is 5.66. The van der Waals surface area contributed by atoms with Crippen LogP contribution in [0.3, 0.4) is 0 Å². The number of rotatable bonds is 5. The van der Waals surface area contributed by atoms with Crippen molar-refractivity contribution in [2.75, 3.05) is 6.54 Å². The molecule has 1 heterocycles. The number of benzene rings is 3. The number of hydrogen-bond donors (Lipinski definition) is 2. The van der Waals surface area contributed by atoms with Gasteiger partial charge in [-0.05, 0) is 47.4 Å². The molecular formula is C24H23Cl2NO2. The van der Waals surface area contributed by atoms with Crippen molar-refractivity contribution in [1.29, 1.82) is 0 Å². The first-order valence-corrected chi connectivity index (χ1v) is 10.4. The summed E-state index contributed by atoms with van der Waals surface area (Å²) < 4.78 is 0. The molecule has 2 N–H and O–H groups in total. The number of likely N-dealkylation sites (tertiary alicyclic amines) is 1. The van der Waals surface area contributed by atoms with Crippen LogP contribution < -0.4 is 0 Å². The van der Waals surface area contributed by atoms with Gasteiger partial charge < -0.3 is 10.2 Å². The molecule has 0 bridgehead atoms. The lowest BCUT2D eigenvalue weighted by Gasteiger charge is -2.40. The number of aliphatic hydroxyl groups is 2. The highest BCUT2D eigenvalue weighted by molar-refractivity contribution is 6.30. The van der Waals surface area contributed by atoms with Crippen LogP contribution in [0.15, 0.2) is 78.9 Å². The average molecular weight is 428 g/mol. The smallest absolute Gasteiger partial charge is 0.130 e. The molecule has 0 radical (unpaired) electrons. The molecule has 3 nitrogen and oxygen atoms in total. The molecule has 3 aromatic carbocycles. The molecule has 0 amide bonds. The van der Waals surface area contributed by atoms with Crippen LogP contribution in [0.25, 0.3) is 0 Å². The van der Waals surface area contributed by atoms with Crippen molar-refractivity contribution in [2.45, 2.75) is 30.7 Å². The predicted octanol–water partition coefficient (Wildman–Crippen LogP) is 4.86. The molecule has 4 rings (SSSR count). The molecule has 0 aromatic heterocycles. The van der Waals surface area contributed by atoms with E-state index in [1.807, 2.05) is 42.5 Å². The second kappa shape index (κ2) is 8.47. The molecule has 0 spiro atoms. The highest BCUT2D eigenvalue weighted by atomic mass is 35.5. The van der Waals surface area contributed by atoms with Crippen LogP contribution in [0.5, 0.6) is 0 Å². The molecule has 150 valence electrons. The number of hydrogen-bond acceptors (Lipinski definition) is 3. The Balaban J connectivity index is 1.78. The number of aliphatic hydroxyl groups excluding tert-OH is 1. The normalized spacial score (nSPS) is 20.1. The van der Waals surface area contributed by atoms with Gasteiger partial charge in [0.1, 0.15) is 5.60 Å². The quantitative estimate of drug-likeness (QED) is 0.610. The zero-order valence-electron chi connectivity index (χ0n) is 15.9. The van der Waals surface area contributed by atoms with Gasteiger partial charge in [-0.3, -0.25) is 4.90 Å². The van der Waals surface area contributed by atoms with Crippen LogP contribution in [0, 0.1) is 0 Å². The van der Waals surface area contributed by atoms with E-state index in [0.29, 0.717) is 29.6 Å². The Morgan fingerprint density at radius 3 is 1.86 bits per heavy atom. The number of nitrogens with zero attached hydrogens (tertiary/aromatic N) is 1. The van der Waals surface area contributed by atoms with E-state index >= 15 is 0 Å². The van der Waals surface area contributed by atoms with Gasteiger partial charge in [0.05, 0.1) is 6.10 Å². The van der Waals surface area contributed by atoms with Crippen LogP contribution >= 0.6 is 23.2 Å². The van der Waals surface area contributed by atoms with Crippen molar-refractivity contribution < 1.29 is 10.2 Å². The van der Waals surface area contributed by atoms with Crippen LogP contribution in [-0.4, -0.2) is 33.8 Å². The second-order valence-corrected chi connectivity index (χ2v) is 8.47. The molecule has 0 unspecified atom stereocenters. The lowest BCUT2D eigenvalue weighted by atomic mass is 9.78. The summed E-state index contributed by atoms with van der Waals surface area (Å²) in [6, 6.07) is 24.3. The maximum Gasteiger partial charge on any atom is 0.130 e. The molecule has 0 aliphatic carbocycles. The molecule has 1 aliphatic rings. The highest BCUT2D eigenvalue weighted by Gasteiger charge is 2.47. The Morgan fingerprint density at radius 1 is 0.828 bits per heavy atom. The molecule has 2 atom stereocenters. The first-order valence-electron chi connectivity index (χ1n) is 9.67. The zero-order valence-corrected chi connectivity index (χ0v) is 17.4. The summed E-state index contributed by atoms with van der Waals surface area (Å²) in [7, 11) is 0. The second-order valence-electron chi connectivity index (χ2n) is 7.60. The van der Waals surface area contributed by atoms with E-state index in [9.17, 15) is 10.2 Å². The minimum atomic E-state index is -1.32. The summed E-state index contributed by atoms with van der Waals surface area (Å²) in [5, 5.41) is 23.9. The number of halogens is 2. The van der Waals surface area contributed by atoms with Crippen molar-refractivity contribution in [3.8, 4) is 0 Å². The highest BCUT2D eigenvalue weighted by Crippen LogP contribution is 2.41. The van der Waals surface area contributed by atoms with Gasteiger partial charge in [0.25, 0.3) is 0 Å². The van der Waals surface area contributed by atoms with Gasteiger partial charge in [0.15, 0.2) is 0 Å². The summed E-state index contributed by atoms with van der Waals surface area (Å²) in [5.74, 6) is 0. The fraction of sp³-hybridized carbons (Fsp3) is 0.250. The van der Waals surface area contributed by atoms with Gasteiger partial charge in [-0.1, -0.05) is 77.8 Å². The summed E-state index contributed by atoms with van der Waals surface area (Å²) in [6.07, 6.45) is -0.0379. The minimum absolute atomic E-state index is 0.306. The fourth-order valence-electron chi connectivity index (χ4n) is 4.27. The van der Waals surface area contributed by atoms with E-state index in [4.69, 9.17) is 23.2 Å². The van der Waals surface area contributed by atoms with E-state index in [2.05, 4.69) is 17.0 Å². The molecule has 1 aliphatic heterocycles. The minimum Gasteiger partial charge on any atom is -0.392 e. The van der Waals surface area contributed by atoms with Crippen molar-refractivity contribution >= 4 is 23.2 Å². The average Bonchev–Trinajstić information content (AvgIpc) is 3.10. The summed E-state index contributed by atoms with van der Waals surface area (Å²) in [5.41, 5.74) is 1.30. The monoisotopic (exact) mass is 427 g/mol. The van der Waals surface area contributed by atoms with Crippen LogP contribution in [0.2, 0.25) is 10.0 Å². The third-order valence-corrected chi connectivity index (χ3v) is 6.16. The maximum atomic E-state index is 12.2. The van der Waals surface area contributed by atoms with Gasteiger partial charge in [-0.15, -0.1) is 0 Å². The van der Waals surface area contributed by atoms with Crippen molar-refractivity contribution in [3.63, 3.8) is 0 Å². The number of β-amino-alcohol motifs (C(OH)–C–C–N with tert-alkyl or cyclic N) is 1. The zero-order chi connectivity index (χ0) is 20.4. The molecule has 0 saturated carbocycles.